The normalized spacial score (nSPS) is 44.6. The van der Waals surface area contributed by atoms with E-state index in [1.807, 2.05) is 4.90 Å². The standard InChI is InChI=1S/C13H22N2O2/c14-12-9-4-3-8(6-9)11(12)13(17)15-5-1-2-10(15)7-16/h8-12,16H,1-7,14H2/t8?,9?,10-,11?,12?/m1/s1. The van der Waals surface area contributed by atoms with Crippen molar-refractivity contribution in [2.75, 3.05) is 13.2 Å². The molecule has 4 nitrogen and oxygen atoms in total. The van der Waals surface area contributed by atoms with Gasteiger partial charge >= 0.3 is 0 Å². The number of aliphatic hydroxyl groups is 1. The van der Waals surface area contributed by atoms with Gasteiger partial charge in [0.2, 0.25) is 5.91 Å². The lowest BCUT2D eigenvalue weighted by atomic mass is 9.84. The summed E-state index contributed by atoms with van der Waals surface area (Å²) in [5.74, 6) is 1.36. The van der Waals surface area contributed by atoms with Crippen LogP contribution in [0, 0.1) is 17.8 Å². The minimum absolute atomic E-state index is 0.0425. The fourth-order valence-corrected chi connectivity index (χ4v) is 4.21. The molecular formula is C13H22N2O2. The number of likely N-dealkylation sites (tertiary alicyclic amines) is 1. The molecule has 1 saturated heterocycles. The Morgan fingerprint density at radius 3 is 2.71 bits per heavy atom. The predicted octanol–water partition coefficient (Wildman–Crippen LogP) is 0.343. The van der Waals surface area contributed by atoms with E-state index < -0.39 is 0 Å². The highest BCUT2D eigenvalue weighted by molar-refractivity contribution is 5.81. The molecule has 2 bridgehead atoms. The molecule has 0 aromatic carbocycles. The Hall–Kier alpha value is -0.610. The summed E-state index contributed by atoms with van der Waals surface area (Å²) >= 11 is 0. The monoisotopic (exact) mass is 238 g/mol. The molecule has 1 amide bonds. The first-order chi connectivity index (χ1) is 8.22. The zero-order chi connectivity index (χ0) is 12.0. The Balaban J connectivity index is 1.74. The van der Waals surface area contributed by atoms with Crippen LogP contribution in [0.1, 0.15) is 32.1 Å². The van der Waals surface area contributed by atoms with Crippen molar-refractivity contribution < 1.29 is 9.90 Å². The Kier molecular flexibility index (Phi) is 2.87. The van der Waals surface area contributed by atoms with Gasteiger partial charge in [-0.25, -0.2) is 0 Å². The van der Waals surface area contributed by atoms with Gasteiger partial charge in [0.25, 0.3) is 0 Å². The van der Waals surface area contributed by atoms with Crippen molar-refractivity contribution in [1.82, 2.24) is 4.90 Å². The van der Waals surface area contributed by atoms with Gasteiger partial charge < -0.3 is 15.7 Å². The lowest BCUT2D eigenvalue weighted by Crippen LogP contribution is -2.49. The number of nitrogens with zero attached hydrogens (tertiary/aromatic N) is 1. The van der Waals surface area contributed by atoms with E-state index in [0.717, 1.165) is 25.8 Å². The van der Waals surface area contributed by atoms with E-state index in [1.165, 1.54) is 12.8 Å². The maximum Gasteiger partial charge on any atom is 0.227 e. The zero-order valence-corrected chi connectivity index (χ0v) is 10.2. The van der Waals surface area contributed by atoms with Crippen molar-refractivity contribution in [1.29, 1.82) is 0 Å². The average Bonchev–Trinajstić information content (AvgIpc) is 3.02. The summed E-state index contributed by atoms with van der Waals surface area (Å²) in [7, 11) is 0. The molecule has 0 aromatic rings. The van der Waals surface area contributed by atoms with Crippen LogP contribution in [0.25, 0.3) is 0 Å². The molecule has 17 heavy (non-hydrogen) atoms. The summed E-state index contributed by atoms with van der Waals surface area (Å²) in [5, 5.41) is 9.30. The van der Waals surface area contributed by atoms with Crippen LogP contribution in [-0.2, 0) is 4.79 Å². The first kappa shape index (κ1) is 11.5. The predicted molar refractivity (Wildman–Crippen MR) is 64.1 cm³/mol. The van der Waals surface area contributed by atoms with Crippen LogP contribution in [0.15, 0.2) is 0 Å². The number of amides is 1. The summed E-state index contributed by atoms with van der Waals surface area (Å²) < 4.78 is 0. The van der Waals surface area contributed by atoms with Crippen molar-refractivity contribution in [3.63, 3.8) is 0 Å². The van der Waals surface area contributed by atoms with Gasteiger partial charge in [-0.1, -0.05) is 0 Å². The third-order valence-corrected chi connectivity index (χ3v) is 5.14. The van der Waals surface area contributed by atoms with E-state index in [1.54, 1.807) is 0 Å². The van der Waals surface area contributed by atoms with Crippen molar-refractivity contribution in [3.05, 3.63) is 0 Å². The Morgan fingerprint density at radius 2 is 2.06 bits per heavy atom. The van der Waals surface area contributed by atoms with Gasteiger partial charge in [0.15, 0.2) is 0 Å². The molecule has 0 spiro atoms. The minimum atomic E-state index is 0.0425. The summed E-state index contributed by atoms with van der Waals surface area (Å²) in [5.41, 5.74) is 6.21. The van der Waals surface area contributed by atoms with Crippen LogP contribution in [0.4, 0.5) is 0 Å². The Labute approximate surface area is 102 Å². The van der Waals surface area contributed by atoms with Crippen LogP contribution in [0.3, 0.4) is 0 Å². The molecule has 0 radical (unpaired) electrons. The SMILES string of the molecule is NC1C2CCC(C2)C1C(=O)N1CCC[C@@H]1CO. The average molecular weight is 238 g/mol. The second-order valence-electron chi connectivity index (χ2n) is 5.95. The smallest absolute Gasteiger partial charge is 0.227 e. The van der Waals surface area contributed by atoms with Crippen LogP contribution < -0.4 is 5.73 Å². The molecule has 1 aliphatic heterocycles. The van der Waals surface area contributed by atoms with Gasteiger partial charge in [0, 0.05) is 12.6 Å². The third kappa shape index (κ3) is 1.69. The second-order valence-corrected chi connectivity index (χ2v) is 5.95. The maximum absolute atomic E-state index is 12.6. The first-order valence-electron chi connectivity index (χ1n) is 6.89. The highest BCUT2D eigenvalue weighted by Crippen LogP contribution is 2.48. The number of carbonyl (C=O) groups excluding carboxylic acids is 1. The van der Waals surface area contributed by atoms with E-state index in [9.17, 15) is 9.90 Å². The molecule has 3 rings (SSSR count). The highest BCUT2D eigenvalue weighted by atomic mass is 16.3. The number of nitrogens with two attached hydrogens (primary N) is 1. The summed E-state index contributed by atoms with van der Waals surface area (Å²) in [4.78, 5) is 14.4. The lowest BCUT2D eigenvalue weighted by molar-refractivity contribution is -0.139. The van der Waals surface area contributed by atoms with E-state index in [2.05, 4.69) is 0 Å². The maximum atomic E-state index is 12.6. The number of carbonyl (C=O) groups is 1. The summed E-state index contributed by atoms with van der Waals surface area (Å²) in [6.07, 6.45) is 5.49. The van der Waals surface area contributed by atoms with E-state index in [0.29, 0.717) is 11.8 Å². The molecular weight excluding hydrogens is 216 g/mol. The van der Waals surface area contributed by atoms with Crippen molar-refractivity contribution >= 4 is 5.91 Å². The van der Waals surface area contributed by atoms with Gasteiger partial charge in [-0.15, -0.1) is 0 Å². The summed E-state index contributed by atoms with van der Waals surface area (Å²) in [6, 6.07) is 0.120. The molecule has 5 atom stereocenters. The van der Waals surface area contributed by atoms with Crippen molar-refractivity contribution in [3.8, 4) is 0 Å². The Morgan fingerprint density at radius 1 is 1.29 bits per heavy atom. The minimum Gasteiger partial charge on any atom is -0.394 e. The van der Waals surface area contributed by atoms with Crippen molar-refractivity contribution in [2.24, 2.45) is 23.5 Å². The fraction of sp³-hybridized carbons (Fsp3) is 0.923. The van der Waals surface area contributed by atoms with E-state index >= 15 is 0 Å². The Bertz CT molecular complexity index is 319. The fourth-order valence-electron chi connectivity index (χ4n) is 4.21. The zero-order valence-electron chi connectivity index (χ0n) is 10.2. The van der Waals surface area contributed by atoms with Crippen LogP contribution in [0.2, 0.25) is 0 Å². The van der Waals surface area contributed by atoms with Gasteiger partial charge in [0.1, 0.15) is 0 Å². The van der Waals surface area contributed by atoms with Crippen LogP contribution in [0.5, 0.6) is 0 Å². The number of rotatable bonds is 2. The number of hydrogen-bond donors (Lipinski definition) is 2. The quantitative estimate of drug-likeness (QED) is 0.729. The number of hydrogen-bond acceptors (Lipinski definition) is 3. The van der Waals surface area contributed by atoms with Gasteiger partial charge in [-0.2, -0.15) is 0 Å². The molecule has 2 aliphatic carbocycles. The number of fused-ring (bicyclic) bond motifs is 2. The van der Waals surface area contributed by atoms with Crippen molar-refractivity contribution in [2.45, 2.75) is 44.2 Å². The molecule has 4 heteroatoms. The molecule has 3 aliphatic rings. The lowest BCUT2D eigenvalue weighted by Gasteiger charge is -2.33. The topological polar surface area (TPSA) is 66.6 Å². The second kappa shape index (κ2) is 4.25. The molecule has 2 saturated carbocycles. The van der Waals surface area contributed by atoms with Gasteiger partial charge in [-0.3, -0.25) is 4.79 Å². The first-order valence-corrected chi connectivity index (χ1v) is 6.89. The van der Waals surface area contributed by atoms with Gasteiger partial charge in [0.05, 0.1) is 18.6 Å². The van der Waals surface area contributed by atoms with Gasteiger partial charge in [-0.05, 0) is 43.9 Å². The molecule has 96 valence electrons. The highest BCUT2D eigenvalue weighted by Gasteiger charge is 2.51. The molecule has 1 heterocycles. The number of aliphatic hydroxyl groups excluding tert-OH is 1. The van der Waals surface area contributed by atoms with E-state index in [4.69, 9.17) is 5.73 Å². The molecule has 0 aromatic heterocycles. The van der Waals surface area contributed by atoms with Crippen LogP contribution in [-0.4, -0.2) is 41.1 Å². The van der Waals surface area contributed by atoms with Crippen LogP contribution >= 0.6 is 0 Å². The molecule has 3 N–H and O–H groups in total. The molecule has 3 fully saturated rings. The van der Waals surface area contributed by atoms with E-state index in [-0.39, 0.29) is 30.5 Å². The third-order valence-electron chi connectivity index (χ3n) is 5.14. The molecule has 4 unspecified atom stereocenters. The summed E-state index contributed by atoms with van der Waals surface area (Å²) in [6.45, 7) is 0.909. The largest absolute Gasteiger partial charge is 0.394 e.